The molecule has 0 aliphatic heterocycles. The van der Waals surface area contributed by atoms with Crippen LogP contribution < -0.4 is 76.6 Å². The molecule has 0 bridgehead atoms. The predicted octanol–water partition coefficient (Wildman–Crippen LogP) is 14.3. The molecule has 114 heavy (non-hydrogen) atoms. The lowest BCUT2D eigenvalue weighted by molar-refractivity contribution is -0.550. The van der Waals surface area contributed by atoms with Crippen LogP contribution in [0.25, 0.3) is 110 Å². The van der Waals surface area contributed by atoms with Crippen molar-refractivity contribution in [3.63, 3.8) is 0 Å². The van der Waals surface area contributed by atoms with Crippen molar-refractivity contribution in [3.05, 3.63) is 358 Å². The SMILES string of the molecule is C[Si](C)(C)c1cccc2c1oc(=O)[n+]1c([Si](C)(C)C)cccc21.C[Si](C)(C)c1cccc2c1oc(=O)[n+]1ccccc21.Cc1cccc2c1oc(=O)[n+]1c(C)cccc21.Cc1cccc2c1oc(=O)[n+]1c(C)cccc21.Cc1cccc2c1oc(=O)[n+]1ccccc21.Cc1cccc2c3cccc(-c4ccccc4)c3oc(=O)[n+]12. The van der Waals surface area contributed by atoms with E-state index in [1.54, 1.807) is 34.4 Å². The predicted molar refractivity (Wildman–Crippen MR) is 457 cm³/mol. The summed E-state index contributed by atoms with van der Waals surface area (Å²) in [5.41, 5.74) is 17.0. The normalized spacial score (nSPS) is 11.7. The van der Waals surface area contributed by atoms with Gasteiger partial charge in [-0.05, 0) is 132 Å². The molecule has 568 valence electrons. The summed E-state index contributed by atoms with van der Waals surface area (Å²) in [6.07, 6.45) is 3.45. The molecule has 0 atom stereocenters. The molecular formula is C93H88N6O12Si3+6. The molecule has 0 N–H and O–H groups in total. The van der Waals surface area contributed by atoms with E-state index in [9.17, 15) is 28.8 Å². The molecule has 0 fully saturated rings. The first kappa shape index (κ1) is 77.6. The minimum atomic E-state index is -1.66. The van der Waals surface area contributed by atoms with Crippen molar-refractivity contribution in [1.29, 1.82) is 0 Å². The smallest absolute Gasteiger partial charge is 0.371 e. The third-order valence-electron chi connectivity index (χ3n) is 20.3. The number of hydrogen-bond donors (Lipinski definition) is 0. The lowest BCUT2D eigenvalue weighted by atomic mass is 10.0. The van der Waals surface area contributed by atoms with Crippen LogP contribution >= 0.6 is 0 Å². The van der Waals surface area contributed by atoms with Gasteiger partial charge in [0.05, 0.1) is 48.5 Å². The van der Waals surface area contributed by atoms with Crippen LogP contribution in [-0.4, -0.2) is 24.2 Å². The molecule has 21 heteroatoms. The number of fused-ring (bicyclic) bond motifs is 18. The average molecular weight is 1570 g/mol. The molecule has 0 saturated heterocycles. The number of benzene rings is 7. The Morgan fingerprint density at radius 1 is 0.237 bits per heavy atom. The fourth-order valence-electron chi connectivity index (χ4n) is 14.7. The number of rotatable bonds is 4. The van der Waals surface area contributed by atoms with Gasteiger partial charge < -0.3 is 26.5 Å². The molecule has 12 heterocycles. The van der Waals surface area contributed by atoms with E-state index in [1.165, 1.54) is 14.8 Å². The lowest BCUT2D eigenvalue weighted by Crippen LogP contribution is -2.62. The minimum Gasteiger partial charge on any atom is -0.371 e. The standard InChI is InChI=1S/C19H14NO2.C18H24NO2Si2.C15H16NO2Si.2C14H12NO2.C13H10NO2/c1-13-7-5-12-17-16-11-6-10-15(14-8-3-2-4-9-14)18(16)22-19(21)20(13)17;1-22(2,3)15-11-7-9-13-14-10-8-12-16(23(4,5)6)19(14)18(20)21-17(13)15;1-19(2,3)13-9-6-7-11-12-8-4-5-10-16(12)15(17)18-14(11)13;2*1-9-5-3-7-11-12-8-4-6-10(2)15(12)14(16)17-13(9)11;1-9-5-4-6-10-11-7-2-3-8-14(11)13(15)16-12(9)10/h2-12H,1H3;7-12H,1-6H3;4-10H,1-3H3;2*3-8H,1-2H3;2-8H,1H3/q6*+1. The quantitative estimate of drug-likeness (QED) is 0.0916. The summed E-state index contributed by atoms with van der Waals surface area (Å²) in [6.45, 7) is 31.8. The van der Waals surface area contributed by atoms with E-state index >= 15 is 0 Å². The maximum absolute atomic E-state index is 12.8. The van der Waals surface area contributed by atoms with Gasteiger partial charge in [-0.3, -0.25) is 0 Å². The average Bonchev–Trinajstić information content (AvgIpc) is 0.755. The topological polar surface area (TPSA) is 206 Å². The van der Waals surface area contributed by atoms with Gasteiger partial charge in [0.25, 0.3) is 0 Å². The van der Waals surface area contributed by atoms with Crippen molar-refractivity contribution in [3.8, 4) is 11.1 Å². The molecule has 19 rings (SSSR count). The molecule has 7 aromatic carbocycles. The second-order valence-corrected chi connectivity index (χ2v) is 46.5. The van der Waals surface area contributed by atoms with Crippen molar-refractivity contribution in [1.82, 2.24) is 0 Å². The molecule has 0 aliphatic carbocycles. The summed E-state index contributed by atoms with van der Waals surface area (Å²) >= 11 is 0. The Hall–Kier alpha value is -13.1. The van der Waals surface area contributed by atoms with Crippen LogP contribution in [0.1, 0.15) is 33.8 Å². The van der Waals surface area contributed by atoms with Gasteiger partial charge in [-0.25, -0.2) is 0 Å². The molecule has 0 unspecified atom stereocenters. The Kier molecular flexibility index (Phi) is 21.3. The summed E-state index contributed by atoms with van der Waals surface area (Å²) in [5.74, 6) is -1.97. The van der Waals surface area contributed by atoms with Crippen LogP contribution in [0, 0.1) is 41.5 Å². The molecule has 0 radical (unpaired) electrons. The van der Waals surface area contributed by atoms with Crippen molar-refractivity contribution in [2.45, 2.75) is 100 Å². The van der Waals surface area contributed by atoms with E-state index in [1.807, 2.05) is 254 Å². The van der Waals surface area contributed by atoms with Gasteiger partial charge >= 0.3 is 34.5 Å². The monoisotopic (exact) mass is 1560 g/mol. The maximum Gasteiger partial charge on any atom is 0.608 e. The van der Waals surface area contributed by atoms with Crippen molar-refractivity contribution in [2.24, 2.45) is 0 Å². The first-order valence-corrected chi connectivity index (χ1v) is 48.2. The fraction of sp³-hybridized carbons (Fsp3) is 0.161. The molecule has 19 aromatic rings. The summed E-state index contributed by atoms with van der Waals surface area (Å²) in [6, 6.07) is 80.8. The maximum atomic E-state index is 12.8. The van der Waals surface area contributed by atoms with E-state index in [0.29, 0.717) is 22.3 Å². The van der Waals surface area contributed by atoms with Crippen LogP contribution in [0.3, 0.4) is 0 Å². The zero-order chi connectivity index (χ0) is 80.8. The Morgan fingerprint density at radius 3 is 0.939 bits per heavy atom. The van der Waals surface area contributed by atoms with Gasteiger partial charge in [0.2, 0.25) is 33.1 Å². The third kappa shape index (κ3) is 15.1. The van der Waals surface area contributed by atoms with Gasteiger partial charge in [0.1, 0.15) is 0 Å². The zero-order valence-corrected chi connectivity index (χ0v) is 69.4. The number of aromatic nitrogens is 6. The highest BCUT2D eigenvalue weighted by molar-refractivity contribution is 6.91. The summed E-state index contributed by atoms with van der Waals surface area (Å²) in [5, 5.41) is 9.35. The Bertz CT molecular complexity index is 7310. The van der Waals surface area contributed by atoms with E-state index in [4.69, 9.17) is 26.5 Å². The molecule has 0 saturated carbocycles. The summed E-state index contributed by atoms with van der Waals surface area (Å²) in [7, 11) is -4.80. The van der Waals surface area contributed by atoms with Gasteiger partial charge in [-0.15, -0.1) is 0 Å². The highest BCUT2D eigenvalue weighted by Crippen LogP contribution is 2.30. The highest BCUT2D eigenvalue weighted by atomic mass is 28.3. The van der Waals surface area contributed by atoms with Crippen LogP contribution in [0.2, 0.25) is 58.9 Å². The lowest BCUT2D eigenvalue weighted by Gasteiger charge is -2.17. The van der Waals surface area contributed by atoms with Crippen molar-refractivity contribution >= 4 is 139 Å². The summed E-state index contributed by atoms with van der Waals surface area (Å²) < 4.78 is 42.8. The molecule has 0 amide bonds. The minimum absolute atomic E-state index is 0.267. The van der Waals surface area contributed by atoms with Crippen LogP contribution in [-0.2, 0) is 0 Å². The van der Waals surface area contributed by atoms with Gasteiger partial charge in [0.15, 0.2) is 76.4 Å². The summed E-state index contributed by atoms with van der Waals surface area (Å²) in [4.78, 5) is 72.9. The Labute approximate surface area is 657 Å². The first-order chi connectivity index (χ1) is 54.5. The Morgan fingerprint density at radius 2 is 0.526 bits per heavy atom. The molecule has 0 aliphatic rings. The first-order valence-electron chi connectivity index (χ1n) is 37.7. The van der Waals surface area contributed by atoms with Gasteiger partial charge in [0, 0.05) is 93.1 Å². The van der Waals surface area contributed by atoms with E-state index in [-0.39, 0.29) is 34.5 Å². The molecule has 18 nitrogen and oxygen atoms in total. The zero-order valence-electron chi connectivity index (χ0n) is 66.4. The third-order valence-corrected chi connectivity index (χ3v) is 26.3. The highest BCUT2D eigenvalue weighted by Gasteiger charge is 2.33. The van der Waals surface area contributed by atoms with Gasteiger partial charge in [-0.2, -0.15) is 28.8 Å². The number of hydrogen-bond acceptors (Lipinski definition) is 12. The van der Waals surface area contributed by atoms with E-state index in [0.717, 1.165) is 127 Å². The molecule has 12 aromatic heterocycles. The van der Waals surface area contributed by atoms with Crippen LogP contribution in [0.15, 0.2) is 316 Å². The number of aryl methyl sites for hydroxylation is 6. The van der Waals surface area contributed by atoms with Gasteiger partial charge in [-0.1, -0.05) is 188 Å². The van der Waals surface area contributed by atoms with Crippen molar-refractivity contribution in [2.75, 3.05) is 0 Å². The van der Waals surface area contributed by atoms with Crippen LogP contribution in [0.4, 0.5) is 0 Å². The number of pyridine rings is 6. The number of nitrogens with zero attached hydrogens (tertiary/aromatic N) is 6. The fourth-order valence-corrected chi connectivity index (χ4v) is 19.1. The van der Waals surface area contributed by atoms with Crippen LogP contribution in [0.5, 0.6) is 0 Å². The molecular weight excluding hydrogens is 1480 g/mol. The number of para-hydroxylation sites is 6. The van der Waals surface area contributed by atoms with E-state index in [2.05, 4.69) is 95.3 Å². The molecule has 0 spiro atoms. The Balaban J connectivity index is 0.000000114. The largest absolute Gasteiger partial charge is 0.608 e. The second kappa shape index (κ2) is 31.2. The van der Waals surface area contributed by atoms with E-state index < -0.39 is 24.2 Å². The van der Waals surface area contributed by atoms with Crippen molar-refractivity contribution < 1.29 is 52.9 Å². The second-order valence-electron chi connectivity index (χ2n) is 31.4.